The molecule has 2 heterocycles. The topological polar surface area (TPSA) is 32.8 Å². The van der Waals surface area contributed by atoms with E-state index in [2.05, 4.69) is 36.9 Å². The molecule has 1 amide bonds. The SMILES string of the molecule is CCCOC1CCN(C[C@@H](C)CN2C(=O)CCc3ccccc32)CC1. The van der Waals surface area contributed by atoms with Crippen molar-refractivity contribution in [2.24, 2.45) is 5.92 Å². The summed E-state index contributed by atoms with van der Waals surface area (Å²) in [4.78, 5) is 17.0. The van der Waals surface area contributed by atoms with Crippen LogP contribution in [0.2, 0.25) is 0 Å². The largest absolute Gasteiger partial charge is 0.378 e. The van der Waals surface area contributed by atoms with Crippen molar-refractivity contribution < 1.29 is 9.53 Å². The highest BCUT2D eigenvalue weighted by atomic mass is 16.5. The predicted octanol–water partition coefficient (Wildman–Crippen LogP) is 3.49. The number of hydrogen-bond donors (Lipinski definition) is 0. The Kier molecular flexibility index (Phi) is 6.49. The van der Waals surface area contributed by atoms with Crippen LogP contribution in [0.25, 0.3) is 0 Å². The van der Waals surface area contributed by atoms with Crippen molar-refractivity contribution >= 4 is 11.6 Å². The lowest BCUT2D eigenvalue weighted by molar-refractivity contribution is -0.119. The van der Waals surface area contributed by atoms with Gasteiger partial charge in [0.05, 0.1) is 6.10 Å². The highest BCUT2D eigenvalue weighted by Crippen LogP contribution is 2.28. The normalized spacial score (nSPS) is 20.6. The lowest BCUT2D eigenvalue weighted by atomic mass is 9.99. The van der Waals surface area contributed by atoms with E-state index in [0.29, 0.717) is 18.4 Å². The van der Waals surface area contributed by atoms with Crippen molar-refractivity contribution in [1.82, 2.24) is 4.90 Å². The summed E-state index contributed by atoms with van der Waals surface area (Å²) in [7, 11) is 0. The molecule has 1 aromatic carbocycles. The molecule has 1 saturated heterocycles. The number of ether oxygens (including phenoxy) is 1. The minimum atomic E-state index is 0.275. The van der Waals surface area contributed by atoms with Gasteiger partial charge >= 0.3 is 0 Å². The van der Waals surface area contributed by atoms with Gasteiger partial charge in [0.25, 0.3) is 0 Å². The number of amides is 1. The summed E-state index contributed by atoms with van der Waals surface area (Å²) in [5.74, 6) is 0.750. The Hall–Kier alpha value is -1.39. The number of piperidine rings is 1. The fourth-order valence-electron chi connectivity index (χ4n) is 4.05. The summed E-state index contributed by atoms with van der Waals surface area (Å²) in [6, 6.07) is 8.35. The van der Waals surface area contributed by atoms with E-state index in [1.165, 1.54) is 5.56 Å². The van der Waals surface area contributed by atoms with Gasteiger partial charge in [0.15, 0.2) is 0 Å². The molecular weight excluding hydrogens is 312 g/mol. The standard InChI is InChI=1S/C21H32N2O2/c1-3-14-25-19-10-12-22(13-11-19)15-17(2)16-23-20-7-5-4-6-18(20)8-9-21(23)24/h4-7,17,19H,3,8-16H2,1-2H3/t17-/m1/s1. The average Bonchev–Trinajstić information content (AvgIpc) is 2.63. The van der Waals surface area contributed by atoms with E-state index in [1.54, 1.807) is 0 Å². The molecule has 1 aromatic rings. The summed E-state index contributed by atoms with van der Waals surface area (Å²) in [5, 5.41) is 0. The van der Waals surface area contributed by atoms with Crippen molar-refractivity contribution in [2.75, 3.05) is 37.7 Å². The number of fused-ring (bicyclic) bond motifs is 1. The number of likely N-dealkylation sites (tertiary alicyclic amines) is 1. The molecule has 2 aliphatic rings. The molecule has 25 heavy (non-hydrogen) atoms. The van der Waals surface area contributed by atoms with Crippen molar-refractivity contribution in [3.05, 3.63) is 29.8 Å². The van der Waals surface area contributed by atoms with Gasteiger partial charge in [0.2, 0.25) is 5.91 Å². The van der Waals surface area contributed by atoms with Crippen LogP contribution in [-0.2, 0) is 16.0 Å². The maximum atomic E-state index is 12.4. The number of hydrogen-bond acceptors (Lipinski definition) is 3. The fourth-order valence-corrected chi connectivity index (χ4v) is 4.05. The Bertz CT molecular complexity index is 567. The number of nitrogens with zero attached hydrogens (tertiary/aromatic N) is 2. The first-order valence-electron chi connectivity index (χ1n) is 9.89. The molecule has 0 unspecified atom stereocenters. The van der Waals surface area contributed by atoms with Crippen LogP contribution in [0.1, 0.15) is 45.1 Å². The number of para-hydroxylation sites is 1. The van der Waals surface area contributed by atoms with Crippen molar-refractivity contribution in [2.45, 2.75) is 52.1 Å². The van der Waals surface area contributed by atoms with Gasteiger partial charge in [-0.1, -0.05) is 32.0 Å². The fraction of sp³-hybridized carbons (Fsp3) is 0.667. The Labute approximate surface area is 152 Å². The number of anilines is 1. The molecule has 0 bridgehead atoms. The third-order valence-electron chi connectivity index (χ3n) is 5.35. The lowest BCUT2D eigenvalue weighted by Gasteiger charge is -2.36. The molecule has 0 aromatic heterocycles. The zero-order chi connectivity index (χ0) is 17.6. The van der Waals surface area contributed by atoms with Crippen molar-refractivity contribution in [3.8, 4) is 0 Å². The molecule has 0 N–H and O–H groups in total. The van der Waals surface area contributed by atoms with E-state index in [9.17, 15) is 4.79 Å². The van der Waals surface area contributed by atoms with Crippen LogP contribution in [0.3, 0.4) is 0 Å². The van der Waals surface area contributed by atoms with Gasteiger partial charge in [-0.15, -0.1) is 0 Å². The van der Waals surface area contributed by atoms with Gasteiger partial charge in [0.1, 0.15) is 0 Å². The zero-order valence-corrected chi connectivity index (χ0v) is 15.7. The molecule has 1 fully saturated rings. The second kappa shape index (κ2) is 8.81. The van der Waals surface area contributed by atoms with Gasteiger partial charge in [0, 0.05) is 44.9 Å². The van der Waals surface area contributed by atoms with E-state index >= 15 is 0 Å². The van der Waals surface area contributed by atoms with Crippen LogP contribution in [0.15, 0.2) is 24.3 Å². The van der Waals surface area contributed by atoms with E-state index in [1.807, 2.05) is 11.0 Å². The molecule has 0 saturated carbocycles. The molecule has 0 aliphatic carbocycles. The van der Waals surface area contributed by atoms with E-state index in [4.69, 9.17) is 4.74 Å². The Morgan fingerprint density at radius 2 is 1.92 bits per heavy atom. The second-order valence-electron chi connectivity index (χ2n) is 7.61. The summed E-state index contributed by atoms with van der Waals surface area (Å²) < 4.78 is 5.88. The van der Waals surface area contributed by atoms with E-state index in [0.717, 1.165) is 64.2 Å². The number of rotatable bonds is 7. The summed E-state index contributed by atoms with van der Waals surface area (Å²) in [6.45, 7) is 9.43. The zero-order valence-electron chi connectivity index (χ0n) is 15.7. The minimum Gasteiger partial charge on any atom is -0.378 e. The molecule has 2 aliphatic heterocycles. The number of carbonyl (C=O) groups excluding carboxylic acids is 1. The highest BCUT2D eigenvalue weighted by Gasteiger charge is 2.26. The van der Waals surface area contributed by atoms with Crippen LogP contribution in [-0.4, -0.2) is 49.7 Å². The highest BCUT2D eigenvalue weighted by molar-refractivity contribution is 5.96. The van der Waals surface area contributed by atoms with Crippen LogP contribution in [0.5, 0.6) is 0 Å². The first-order valence-corrected chi connectivity index (χ1v) is 9.89. The van der Waals surface area contributed by atoms with Crippen LogP contribution in [0, 0.1) is 5.92 Å². The quantitative estimate of drug-likeness (QED) is 0.759. The Morgan fingerprint density at radius 1 is 1.16 bits per heavy atom. The molecule has 4 nitrogen and oxygen atoms in total. The van der Waals surface area contributed by atoms with Crippen LogP contribution >= 0.6 is 0 Å². The minimum absolute atomic E-state index is 0.275. The van der Waals surface area contributed by atoms with Crippen molar-refractivity contribution in [1.29, 1.82) is 0 Å². The molecule has 0 radical (unpaired) electrons. The molecule has 138 valence electrons. The number of carbonyl (C=O) groups is 1. The molecule has 0 spiro atoms. The Balaban J connectivity index is 1.50. The molecule has 3 rings (SSSR count). The van der Waals surface area contributed by atoms with Gasteiger partial charge in [-0.2, -0.15) is 0 Å². The second-order valence-corrected chi connectivity index (χ2v) is 7.61. The van der Waals surface area contributed by atoms with E-state index < -0.39 is 0 Å². The summed E-state index contributed by atoms with van der Waals surface area (Å²) >= 11 is 0. The van der Waals surface area contributed by atoms with E-state index in [-0.39, 0.29) is 5.91 Å². The first kappa shape index (κ1) is 18.4. The third-order valence-corrected chi connectivity index (χ3v) is 5.35. The van der Waals surface area contributed by atoms with Crippen LogP contribution < -0.4 is 4.90 Å². The monoisotopic (exact) mass is 344 g/mol. The number of benzene rings is 1. The summed E-state index contributed by atoms with van der Waals surface area (Å²) in [5.41, 5.74) is 2.43. The summed E-state index contributed by atoms with van der Waals surface area (Å²) in [6.07, 6.45) is 5.34. The maximum absolute atomic E-state index is 12.4. The lowest BCUT2D eigenvalue weighted by Crippen LogP contribution is -2.44. The maximum Gasteiger partial charge on any atom is 0.227 e. The predicted molar refractivity (Wildman–Crippen MR) is 102 cm³/mol. The van der Waals surface area contributed by atoms with Gasteiger partial charge < -0.3 is 14.5 Å². The van der Waals surface area contributed by atoms with Gasteiger partial charge in [-0.25, -0.2) is 0 Å². The molecule has 4 heteroatoms. The Morgan fingerprint density at radius 3 is 2.68 bits per heavy atom. The van der Waals surface area contributed by atoms with Crippen molar-refractivity contribution in [3.63, 3.8) is 0 Å². The van der Waals surface area contributed by atoms with Crippen LogP contribution in [0.4, 0.5) is 5.69 Å². The first-order chi connectivity index (χ1) is 12.2. The van der Waals surface area contributed by atoms with Gasteiger partial charge in [-0.3, -0.25) is 4.79 Å². The average molecular weight is 344 g/mol. The van der Waals surface area contributed by atoms with Gasteiger partial charge in [-0.05, 0) is 43.2 Å². The number of aryl methyl sites for hydroxylation is 1. The third kappa shape index (κ3) is 4.83. The molecular formula is C21H32N2O2. The molecule has 1 atom stereocenters. The smallest absolute Gasteiger partial charge is 0.227 e.